The van der Waals surface area contributed by atoms with Crippen LogP contribution in [0.5, 0.6) is 57.5 Å². The molecule has 6 aromatic rings. The van der Waals surface area contributed by atoms with E-state index in [1.165, 1.54) is 60.9 Å². The van der Waals surface area contributed by atoms with Crippen LogP contribution in [0.25, 0.3) is 44.2 Å². The van der Waals surface area contributed by atoms with Crippen molar-refractivity contribution < 1.29 is 56.3 Å². The fourth-order valence-corrected chi connectivity index (χ4v) is 7.22. The van der Waals surface area contributed by atoms with Gasteiger partial charge in [0.2, 0.25) is 23.0 Å². The second kappa shape index (κ2) is 18.6. The largest absolute Gasteiger partial charge is 0.541 e. The van der Waals surface area contributed by atoms with Gasteiger partial charge in [0.05, 0.1) is 56.9 Å². The van der Waals surface area contributed by atoms with Crippen molar-refractivity contribution in [2.24, 2.45) is 0 Å². The van der Waals surface area contributed by atoms with Gasteiger partial charge in [-0.3, -0.25) is 0 Å². The van der Waals surface area contributed by atoms with Crippen LogP contribution in [-0.4, -0.2) is 70.3 Å². The van der Waals surface area contributed by atoms with Gasteiger partial charge in [-0.05, 0) is 65.7 Å². The molecule has 0 bridgehead atoms. The maximum Gasteiger partial charge on any atom is 0.336 e. The first-order valence-corrected chi connectivity index (χ1v) is 21.2. The summed E-state index contributed by atoms with van der Waals surface area (Å²) >= 11 is 0. The van der Waals surface area contributed by atoms with Crippen molar-refractivity contribution in [1.29, 1.82) is 0 Å². The lowest BCUT2D eigenvalue weighted by molar-refractivity contribution is 0.323. The molecule has 1 N–H and O–H groups in total. The molecule has 0 saturated carbocycles. The molecule has 0 aliphatic heterocycles. The zero-order valence-corrected chi connectivity index (χ0v) is 36.5. The Hall–Kier alpha value is -6.48. The SMILES string of the molecule is C.COc1ccc(-c2cc(=O)oc3c(OC)c(OC)c(OC)cc23)cc1O.COc1ccc(-c2cc(=O)oc3c(OC)c(OC)c(OC)cc23)cc1O[Si](C)(C)C(C)(C)C. The summed E-state index contributed by atoms with van der Waals surface area (Å²) in [5.74, 6) is 3.65. The van der Waals surface area contributed by atoms with Crippen LogP contribution in [0.1, 0.15) is 28.2 Å². The van der Waals surface area contributed by atoms with Crippen molar-refractivity contribution in [3.63, 3.8) is 0 Å². The van der Waals surface area contributed by atoms with E-state index in [0.29, 0.717) is 67.7 Å². The highest BCUT2D eigenvalue weighted by Gasteiger charge is 2.39. The van der Waals surface area contributed by atoms with Gasteiger partial charge in [-0.15, -0.1) is 0 Å². The lowest BCUT2D eigenvalue weighted by atomic mass is 10.0. The van der Waals surface area contributed by atoms with Crippen LogP contribution in [0.15, 0.2) is 79.1 Å². The van der Waals surface area contributed by atoms with Gasteiger partial charge in [-0.1, -0.05) is 40.3 Å². The summed E-state index contributed by atoms with van der Waals surface area (Å²) in [5.41, 5.74) is 2.02. The average molecular weight is 847 g/mol. The number of ether oxygens (including phenoxy) is 8. The van der Waals surface area contributed by atoms with Crippen LogP contribution >= 0.6 is 0 Å². The van der Waals surface area contributed by atoms with Crippen LogP contribution in [0.3, 0.4) is 0 Å². The number of methoxy groups -OCH3 is 8. The third-order valence-corrected chi connectivity index (χ3v) is 14.6. The van der Waals surface area contributed by atoms with E-state index in [0.717, 1.165) is 5.56 Å². The fourth-order valence-electron chi connectivity index (χ4n) is 6.20. The highest BCUT2D eigenvalue weighted by molar-refractivity contribution is 6.74. The van der Waals surface area contributed by atoms with Crippen molar-refractivity contribution in [1.82, 2.24) is 0 Å². The van der Waals surface area contributed by atoms with E-state index >= 15 is 0 Å². The number of aromatic hydroxyl groups is 1. The number of benzene rings is 4. The maximum atomic E-state index is 12.5. The maximum absolute atomic E-state index is 12.5. The van der Waals surface area contributed by atoms with Gasteiger partial charge >= 0.3 is 11.3 Å². The van der Waals surface area contributed by atoms with E-state index in [2.05, 4.69) is 33.9 Å². The number of hydrogen-bond acceptors (Lipinski definition) is 14. The third-order valence-electron chi connectivity index (χ3n) is 10.2. The molecule has 4 aromatic carbocycles. The normalized spacial score (nSPS) is 11.2. The topological polar surface area (TPSA) is 164 Å². The van der Waals surface area contributed by atoms with Gasteiger partial charge in [-0.25, -0.2) is 9.59 Å². The van der Waals surface area contributed by atoms with E-state index in [1.54, 1.807) is 38.5 Å². The van der Waals surface area contributed by atoms with Crippen molar-refractivity contribution in [2.45, 2.75) is 46.3 Å². The standard InChI is InChI=1S/C25H32O7Si.C19H18O7.CH4/c1-25(2,3)33(8,9)32-19-12-15(10-11-18(19)27-4)16-14-21(26)31-22-17(16)13-20(28-5)23(29-6)24(22)30-7;1-22-14-6-5-10(7-13(14)20)11-9-16(21)26-17-12(11)8-15(23-2)18(24-3)19(17)25-4;/h10-14H,1-9H3;5-9,20H,1-4H3;1H4. The fraction of sp³-hybridized carbons (Fsp3) is 0.333. The first-order valence-electron chi connectivity index (χ1n) is 18.3. The molecule has 0 unspecified atom stereocenters. The van der Waals surface area contributed by atoms with Crippen LogP contribution in [0.4, 0.5) is 0 Å². The Bertz CT molecular complexity index is 2600. The summed E-state index contributed by atoms with van der Waals surface area (Å²) in [5, 5.41) is 11.3. The lowest BCUT2D eigenvalue weighted by Crippen LogP contribution is -2.43. The Morgan fingerprint density at radius 2 is 0.900 bits per heavy atom. The van der Waals surface area contributed by atoms with Crippen LogP contribution in [-0.2, 0) is 0 Å². The monoisotopic (exact) mass is 846 g/mol. The molecule has 2 heterocycles. The van der Waals surface area contributed by atoms with Gasteiger partial charge in [-0.2, -0.15) is 0 Å². The van der Waals surface area contributed by atoms with E-state index in [4.69, 9.17) is 51.2 Å². The highest BCUT2D eigenvalue weighted by Crippen LogP contribution is 2.48. The average Bonchev–Trinajstić information content (AvgIpc) is 3.21. The van der Waals surface area contributed by atoms with Crippen molar-refractivity contribution in [2.75, 3.05) is 56.9 Å². The van der Waals surface area contributed by atoms with E-state index in [9.17, 15) is 14.7 Å². The summed E-state index contributed by atoms with van der Waals surface area (Å²) in [6.45, 7) is 10.9. The smallest absolute Gasteiger partial charge is 0.336 e. The van der Waals surface area contributed by atoms with Gasteiger partial charge in [0, 0.05) is 34.0 Å². The van der Waals surface area contributed by atoms with Crippen LogP contribution < -0.4 is 53.6 Å². The predicted octanol–water partition coefficient (Wildman–Crippen LogP) is 9.71. The quantitative estimate of drug-likeness (QED) is 0.0914. The first kappa shape index (κ1) is 46.2. The summed E-state index contributed by atoms with van der Waals surface area (Å²) in [6.07, 6.45) is 0. The molecule has 0 aliphatic carbocycles. The number of rotatable bonds is 12. The second-order valence-electron chi connectivity index (χ2n) is 14.6. The molecular weight excluding hydrogens is 793 g/mol. The Balaban J connectivity index is 0.000000267. The molecule has 2 aromatic heterocycles. The minimum absolute atomic E-state index is 0. The molecule has 0 spiro atoms. The number of hydrogen-bond donors (Lipinski definition) is 1. The minimum Gasteiger partial charge on any atom is -0.541 e. The zero-order valence-electron chi connectivity index (χ0n) is 35.5. The summed E-state index contributed by atoms with van der Waals surface area (Å²) in [4.78, 5) is 24.7. The first-order chi connectivity index (χ1) is 28.0. The van der Waals surface area contributed by atoms with E-state index < -0.39 is 19.6 Å². The minimum atomic E-state index is -2.14. The molecule has 322 valence electrons. The second-order valence-corrected chi connectivity index (χ2v) is 19.3. The van der Waals surface area contributed by atoms with Gasteiger partial charge in [0.1, 0.15) is 5.75 Å². The Morgan fingerprint density at radius 1 is 0.500 bits per heavy atom. The Morgan fingerprint density at radius 3 is 1.27 bits per heavy atom. The molecule has 0 radical (unpaired) electrons. The Kier molecular flexibility index (Phi) is 14.3. The summed E-state index contributed by atoms with van der Waals surface area (Å²) in [6, 6.07) is 16.7. The van der Waals surface area contributed by atoms with Crippen molar-refractivity contribution >= 4 is 30.3 Å². The molecular formula is C45H54O14Si. The van der Waals surface area contributed by atoms with Crippen molar-refractivity contribution in [3.8, 4) is 79.7 Å². The molecule has 0 fully saturated rings. The molecule has 6 rings (SSSR count). The molecule has 14 nitrogen and oxygen atoms in total. The molecule has 0 atom stereocenters. The molecule has 15 heteroatoms. The number of fused-ring (bicyclic) bond motifs is 2. The predicted molar refractivity (Wildman–Crippen MR) is 234 cm³/mol. The van der Waals surface area contributed by atoms with Gasteiger partial charge < -0.3 is 56.3 Å². The van der Waals surface area contributed by atoms with Gasteiger partial charge in [0.25, 0.3) is 8.32 Å². The summed E-state index contributed by atoms with van der Waals surface area (Å²) in [7, 11) is 9.88. The molecule has 60 heavy (non-hydrogen) atoms. The Labute approximate surface area is 350 Å². The highest BCUT2D eigenvalue weighted by atomic mass is 28.4. The lowest BCUT2D eigenvalue weighted by Gasteiger charge is -2.36. The van der Waals surface area contributed by atoms with E-state index in [-0.39, 0.29) is 40.9 Å². The molecule has 0 aliphatic rings. The third kappa shape index (κ3) is 8.90. The van der Waals surface area contributed by atoms with Crippen LogP contribution in [0.2, 0.25) is 18.1 Å². The molecule has 0 saturated heterocycles. The molecule has 0 amide bonds. The summed E-state index contributed by atoms with van der Waals surface area (Å²) < 4.78 is 60.7. The zero-order chi connectivity index (χ0) is 43.4. The number of phenolic OH excluding ortho intramolecular Hbond substituents is 1. The van der Waals surface area contributed by atoms with Crippen molar-refractivity contribution in [3.05, 3.63) is 81.5 Å². The van der Waals surface area contributed by atoms with Gasteiger partial charge in [0.15, 0.2) is 39.9 Å². The number of phenols is 1. The van der Waals surface area contributed by atoms with E-state index in [1.807, 2.05) is 18.2 Å². The van der Waals surface area contributed by atoms with Crippen LogP contribution in [0, 0.1) is 0 Å².